The van der Waals surface area contributed by atoms with E-state index in [2.05, 4.69) is 35.7 Å². The first-order chi connectivity index (χ1) is 8.54. The molecule has 0 aliphatic carbocycles. The van der Waals surface area contributed by atoms with E-state index in [4.69, 9.17) is 0 Å². The summed E-state index contributed by atoms with van der Waals surface area (Å²) in [5, 5.41) is 3.41. The second-order valence-corrected chi connectivity index (χ2v) is 4.97. The van der Waals surface area contributed by atoms with Crippen molar-refractivity contribution in [1.29, 1.82) is 0 Å². The molecule has 0 amide bonds. The van der Waals surface area contributed by atoms with Crippen molar-refractivity contribution < 1.29 is 0 Å². The fourth-order valence-corrected chi connectivity index (χ4v) is 1.61. The molecule has 0 aromatic carbocycles. The molecule has 0 spiro atoms. The van der Waals surface area contributed by atoms with Crippen LogP contribution >= 0.6 is 0 Å². The molecule has 0 fully saturated rings. The molecule has 18 heavy (non-hydrogen) atoms. The molecule has 0 radical (unpaired) electrons. The monoisotopic (exact) mass is 248 g/mol. The van der Waals surface area contributed by atoms with Gasteiger partial charge < -0.3 is 10.2 Å². The fourth-order valence-electron chi connectivity index (χ4n) is 1.61. The van der Waals surface area contributed by atoms with Crippen LogP contribution in [0.3, 0.4) is 0 Å². The Morgan fingerprint density at radius 2 is 2.22 bits per heavy atom. The molecule has 0 aliphatic rings. The topological polar surface area (TPSA) is 41.1 Å². The molecule has 0 aliphatic heterocycles. The highest BCUT2D eigenvalue weighted by Gasteiger charge is 2.06. The maximum absolute atomic E-state index is 4.52. The summed E-state index contributed by atoms with van der Waals surface area (Å²) in [5.74, 6) is 1.41. The summed E-state index contributed by atoms with van der Waals surface area (Å²) in [5.41, 5.74) is 2.19. The normalized spacial score (nSPS) is 10.7. The van der Waals surface area contributed by atoms with Gasteiger partial charge in [-0.3, -0.25) is 0 Å². The molecule has 1 aromatic rings. The van der Waals surface area contributed by atoms with Gasteiger partial charge in [0.25, 0.3) is 0 Å². The van der Waals surface area contributed by atoms with Gasteiger partial charge in [-0.1, -0.05) is 19.9 Å². The fraction of sp³-hybridized carbons (Fsp3) is 0.571. The molecule has 1 rings (SSSR count). The second-order valence-electron chi connectivity index (χ2n) is 4.97. The van der Waals surface area contributed by atoms with Gasteiger partial charge in [-0.15, -0.1) is 6.58 Å². The Labute approximate surface area is 110 Å². The summed E-state index contributed by atoms with van der Waals surface area (Å²) in [6, 6.07) is 0. The van der Waals surface area contributed by atoms with Crippen LogP contribution in [-0.4, -0.2) is 30.1 Å². The Kier molecular flexibility index (Phi) is 5.78. The van der Waals surface area contributed by atoms with Crippen LogP contribution < -0.4 is 10.2 Å². The Morgan fingerprint density at radius 1 is 1.50 bits per heavy atom. The third-order valence-corrected chi connectivity index (χ3v) is 2.68. The zero-order chi connectivity index (χ0) is 13.5. The predicted molar refractivity (Wildman–Crippen MR) is 76.8 cm³/mol. The molecule has 1 heterocycles. The van der Waals surface area contributed by atoms with Crippen LogP contribution in [0.2, 0.25) is 0 Å². The van der Waals surface area contributed by atoms with E-state index in [1.807, 2.05) is 31.1 Å². The average Bonchev–Trinajstić information content (AvgIpc) is 2.31. The summed E-state index contributed by atoms with van der Waals surface area (Å²) in [6.07, 6.45) is 3.75. The van der Waals surface area contributed by atoms with Gasteiger partial charge in [-0.05, 0) is 19.4 Å². The van der Waals surface area contributed by atoms with Crippen molar-refractivity contribution in [2.45, 2.75) is 27.3 Å². The van der Waals surface area contributed by atoms with Crippen LogP contribution in [0.5, 0.6) is 0 Å². The first kappa shape index (κ1) is 14.6. The molecule has 1 aromatic heterocycles. The number of anilines is 1. The van der Waals surface area contributed by atoms with Gasteiger partial charge in [-0.25, -0.2) is 9.97 Å². The Bertz CT molecular complexity index is 387. The van der Waals surface area contributed by atoms with Crippen molar-refractivity contribution in [3.05, 3.63) is 30.1 Å². The van der Waals surface area contributed by atoms with Crippen molar-refractivity contribution in [3.63, 3.8) is 0 Å². The van der Waals surface area contributed by atoms with E-state index >= 15 is 0 Å². The quantitative estimate of drug-likeness (QED) is 0.751. The van der Waals surface area contributed by atoms with Gasteiger partial charge in [-0.2, -0.15) is 0 Å². The molecule has 0 unspecified atom stereocenters. The Hall–Kier alpha value is -1.42. The van der Waals surface area contributed by atoms with Crippen LogP contribution in [0.1, 0.15) is 25.1 Å². The van der Waals surface area contributed by atoms with Crippen LogP contribution in [0, 0.1) is 12.8 Å². The number of aryl methyl sites for hydroxylation is 1. The summed E-state index contributed by atoms with van der Waals surface area (Å²) in [7, 11) is 1.97. The minimum absolute atomic E-state index is 0.657. The predicted octanol–water partition coefficient (Wildman–Crippen LogP) is 2.15. The number of likely N-dealkylation sites (N-methyl/N-ethyl adjacent to an activating group) is 1. The maximum atomic E-state index is 4.52. The maximum Gasteiger partial charge on any atom is 0.225 e. The minimum Gasteiger partial charge on any atom is -0.340 e. The van der Waals surface area contributed by atoms with Crippen molar-refractivity contribution in [2.24, 2.45) is 5.92 Å². The van der Waals surface area contributed by atoms with Gasteiger partial charge in [0.1, 0.15) is 0 Å². The van der Waals surface area contributed by atoms with Crippen molar-refractivity contribution in [2.75, 3.05) is 25.0 Å². The Morgan fingerprint density at radius 3 is 2.78 bits per heavy atom. The summed E-state index contributed by atoms with van der Waals surface area (Å²) in [4.78, 5) is 10.9. The van der Waals surface area contributed by atoms with E-state index in [1.54, 1.807) is 0 Å². The van der Waals surface area contributed by atoms with Gasteiger partial charge >= 0.3 is 0 Å². The van der Waals surface area contributed by atoms with E-state index in [9.17, 15) is 0 Å². The molecular weight excluding hydrogens is 224 g/mol. The first-order valence-corrected chi connectivity index (χ1v) is 6.39. The van der Waals surface area contributed by atoms with E-state index < -0.39 is 0 Å². The molecule has 0 saturated carbocycles. The smallest absolute Gasteiger partial charge is 0.225 e. The van der Waals surface area contributed by atoms with E-state index in [0.717, 1.165) is 36.8 Å². The van der Waals surface area contributed by atoms with Gasteiger partial charge in [0.15, 0.2) is 0 Å². The van der Waals surface area contributed by atoms with Crippen molar-refractivity contribution in [3.8, 4) is 0 Å². The van der Waals surface area contributed by atoms with Crippen LogP contribution in [-0.2, 0) is 6.54 Å². The molecule has 0 saturated heterocycles. The lowest BCUT2D eigenvalue weighted by molar-refractivity contribution is 0.550. The molecule has 0 atom stereocenters. The number of hydrogen-bond acceptors (Lipinski definition) is 4. The molecule has 1 N–H and O–H groups in total. The van der Waals surface area contributed by atoms with Crippen molar-refractivity contribution >= 4 is 5.95 Å². The van der Waals surface area contributed by atoms with E-state index in [-0.39, 0.29) is 0 Å². The summed E-state index contributed by atoms with van der Waals surface area (Å²) >= 11 is 0. The third kappa shape index (κ3) is 4.45. The summed E-state index contributed by atoms with van der Waals surface area (Å²) in [6.45, 7) is 12.7. The lowest BCUT2D eigenvalue weighted by Crippen LogP contribution is -2.22. The SMILES string of the molecule is C=CCN(C)c1ncc(CNCC(C)C)c(C)n1. The summed E-state index contributed by atoms with van der Waals surface area (Å²) < 4.78 is 0. The number of aromatic nitrogens is 2. The second kappa shape index (κ2) is 7.11. The average molecular weight is 248 g/mol. The van der Waals surface area contributed by atoms with Crippen molar-refractivity contribution in [1.82, 2.24) is 15.3 Å². The van der Waals surface area contributed by atoms with E-state index in [0.29, 0.717) is 5.92 Å². The number of nitrogens with zero attached hydrogens (tertiary/aromatic N) is 3. The molecule has 4 nitrogen and oxygen atoms in total. The standard InChI is InChI=1S/C14H24N4/c1-6-7-18(5)14-16-10-13(12(4)17-14)9-15-8-11(2)3/h6,10-11,15H,1,7-9H2,2-5H3. The third-order valence-electron chi connectivity index (χ3n) is 2.68. The van der Waals surface area contributed by atoms with E-state index in [1.165, 1.54) is 0 Å². The number of hydrogen-bond donors (Lipinski definition) is 1. The zero-order valence-electron chi connectivity index (χ0n) is 11.9. The molecular formula is C14H24N4. The van der Waals surface area contributed by atoms with Crippen LogP contribution in [0.25, 0.3) is 0 Å². The van der Waals surface area contributed by atoms with Gasteiger partial charge in [0, 0.05) is 37.6 Å². The Balaban J connectivity index is 2.64. The van der Waals surface area contributed by atoms with Crippen LogP contribution in [0.4, 0.5) is 5.95 Å². The van der Waals surface area contributed by atoms with Gasteiger partial charge in [0.05, 0.1) is 0 Å². The van der Waals surface area contributed by atoms with Crippen LogP contribution in [0.15, 0.2) is 18.9 Å². The minimum atomic E-state index is 0.657. The lowest BCUT2D eigenvalue weighted by atomic mass is 10.2. The molecule has 0 bridgehead atoms. The zero-order valence-corrected chi connectivity index (χ0v) is 11.9. The molecule has 100 valence electrons. The number of nitrogens with one attached hydrogen (secondary N) is 1. The highest BCUT2D eigenvalue weighted by Crippen LogP contribution is 2.10. The highest BCUT2D eigenvalue weighted by molar-refractivity contribution is 5.32. The van der Waals surface area contributed by atoms with Gasteiger partial charge in [0.2, 0.25) is 5.95 Å². The lowest BCUT2D eigenvalue weighted by Gasteiger charge is -2.16. The largest absolute Gasteiger partial charge is 0.340 e. The first-order valence-electron chi connectivity index (χ1n) is 6.39. The number of rotatable bonds is 7. The molecule has 4 heteroatoms. The highest BCUT2D eigenvalue weighted by atomic mass is 15.2.